The fourth-order valence-electron chi connectivity index (χ4n) is 2.38. The molecule has 2 aromatic carbocycles. The van der Waals surface area contributed by atoms with Crippen molar-refractivity contribution in [1.29, 1.82) is 0 Å². The number of aryl methyl sites for hydroxylation is 1. The minimum absolute atomic E-state index is 0.162. The predicted molar refractivity (Wildman–Crippen MR) is 101 cm³/mol. The molecule has 2 heterocycles. The molecule has 0 aliphatic carbocycles. The number of para-hydroxylation sites is 1. The number of esters is 1. The van der Waals surface area contributed by atoms with E-state index in [1.54, 1.807) is 5.38 Å². The highest BCUT2D eigenvalue weighted by Gasteiger charge is 2.14. The summed E-state index contributed by atoms with van der Waals surface area (Å²) in [5, 5.41) is 3.33. The van der Waals surface area contributed by atoms with E-state index in [0.29, 0.717) is 5.69 Å². The number of hydrogen-bond donors (Lipinski definition) is 0. The molecule has 0 unspecified atom stereocenters. The van der Waals surface area contributed by atoms with Crippen LogP contribution in [-0.2, 0) is 11.3 Å². The number of benzene rings is 2. The highest BCUT2D eigenvalue weighted by molar-refractivity contribution is 7.18. The third kappa shape index (κ3) is 3.45. The summed E-state index contributed by atoms with van der Waals surface area (Å²) in [5.74, 6) is -0.422. The van der Waals surface area contributed by atoms with Gasteiger partial charge in [0.1, 0.15) is 16.6 Å². The van der Waals surface area contributed by atoms with Gasteiger partial charge in [-0.15, -0.1) is 22.7 Å². The average molecular weight is 366 g/mol. The molecule has 0 aliphatic rings. The van der Waals surface area contributed by atoms with E-state index >= 15 is 0 Å². The van der Waals surface area contributed by atoms with E-state index in [-0.39, 0.29) is 6.61 Å². The molecule has 4 rings (SSSR count). The summed E-state index contributed by atoms with van der Waals surface area (Å²) in [6.45, 7) is 2.20. The Balaban J connectivity index is 1.45. The maximum absolute atomic E-state index is 12.2. The van der Waals surface area contributed by atoms with Gasteiger partial charge in [-0.05, 0) is 19.1 Å². The fraction of sp³-hybridized carbons (Fsp3) is 0.105. The Bertz CT molecular complexity index is 1000. The molecule has 0 N–H and O–H groups in total. The Labute approximate surface area is 152 Å². The van der Waals surface area contributed by atoms with Crippen LogP contribution in [0.4, 0.5) is 0 Å². The van der Waals surface area contributed by atoms with Crippen molar-refractivity contribution >= 4 is 38.9 Å². The molecule has 4 aromatic rings. The van der Waals surface area contributed by atoms with Gasteiger partial charge in [0.15, 0.2) is 5.69 Å². The van der Waals surface area contributed by atoms with Crippen LogP contribution in [-0.4, -0.2) is 15.9 Å². The molecular formula is C19H14N2O2S2. The summed E-state index contributed by atoms with van der Waals surface area (Å²) >= 11 is 2.97. The van der Waals surface area contributed by atoms with E-state index < -0.39 is 5.97 Å². The Hall–Kier alpha value is -2.57. The first kappa shape index (κ1) is 15.9. The number of hydrogen-bond acceptors (Lipinski definition) is 6. The normalized spacial score (nSPS) is 10.9. The Morgan fingerprint density at radius 1 is 1.08 bits per heavy atom. The van der Waals surface area contributed by atoms with Crippen molar-refractivity contribution in [3.8, 4) is 10.6 Å². The zero-order valence-electron chi connectivity index (χ0n) is 13.4. The van der Waals surface area contributed by atoms with E-state index in [1.165, 1.54) is 28.2 Å². The number of carbonyl (C=O) groups is 1. The van der Waals surface area contributed by atoms with Crippen LogP contribution < -0.4 is 0 Å². The van der Waals surface area contributed by atoms with Crippen molar-refractivity contribution in [1.82, 2.24) is 9.97 Å². The molecule has 0 spiro atoms. The number of thiazole rings is 2. The minimum Gasteiger partial charge on any atom is -0.454 e. The molecule has 0 saturated carbocycles. The average Bonchev–Trinajstić information content (AvgIpc) is 3.27. The largest absolute Gasteiger partial charge is 0.454 e. The van der Waals surface area contributed by atoms with Crippen molar-refractivity contribution in [2.75, 3.05) is 0 Å². The number of carbonyl (C=O) groups excluding carboxylic acids is 1. The first-order valence-electron chi connectivity index (χ1n) is 7.73. The van der Waals surface area contributed by atoms with Gasteiger partial charge in [-0.3, -0.25) is 0 Å². The fourth-order valence-corrected chi connectivity index (χ4v) is 4.06. The zero-order valence-corrected chi connectivity index (χ0v) is 15.1. The summed E-state index contributed by atoms with van der Waals surface area (Å²) in [4.78, 5) is 21.1. The molecule has 0 radical (unpaired) electrons. The molecule has 0 saturated heterocycles. The lowest BCUT2D eigenvalue weighted by Crippen LogP contribution is -2.05. The van der Waals surface area contributed by atoms with E-state index in [4.69, 9.17) is 4.74 Å². The number of nitrogens with zero attached hydrogens (tertiary/aromatic N) is 2. The second kappa shape index (κ2) is 6.74. The third-order valence-electron chi connectivity index (χ3n) is 3.68. The topological polar surface area (TPSA) is 52.1 Å². The van der Waals surface area contributed by atoms with E-state index in [2.05, 4.69) is 9.97 Å². The maximum atomic E-state index is 12.2. The molecule has 25 heavy (non-hydrogen) atoms. The van der Waals surface area contributed by atoms with Crippen LogP contribution in [0.3, 0.4) is 0 Å². The summed E-state index contributed by atoms with van der Waals surface area (Å²) in [6, 6.07) is 15.9. The number of aromatic nitrogens is 2. The first-order chi connectivity index (χ1) is 12.2. The third-order valence-corrected chi connectivity index (χ3v) is 5.58. The van der Waals surface area contributed by atoms with Gasteiger partial charge < -0.3 is 4.74 Å². The maximum Gasteiger partial charge on any atom is 0.358 e. The second-order valence-electron chi connectivity index (χ2n) is 5.56. The molecule has 0 atom stereocenters. The lowest BCUT2D eigenvalue weighted by Gasteiger charge is -1.99. The number of fused-ring (bicyclic) bond motifs is 1. The molecule has 4 nitrogen and oxygen atoms in total. The van der Waals surface area contributed by atoms with Crippen LogP contribution in [0.25, 0.3) is 20.8 Å². The van der Waals surface area contributed by atoms with Crippen LogP contribution in [0, 0.1) is 6.92 Å². The highest BCUT2D eigenvalue weighted by atomic mass is 32.1. The van der Waals surface area contributed by atoms with Crippen molar-refractivity contribution in [2.45, 2.75) is 13.5 Å². The molecule has 0 bridgehead atoms. The lowest BCUT2D eigenvalue weighted by atomic mass is 10.2. The van der Waals surface area contributed by atoms with Crippen LogP contribution in [0.2, 0.25) is 0 Å². The van der Waals surface area contributed by atoms with Gasteiger partial charge in [-0.25, -0.2) is 14.8 Å². The van der Waals surface area contributed by atoms with Crippen LogP contribution >= 0.6 is 22.7 Å². The number of rotatable bonds is 4. The van der Waals surface area contributed by atoms with Gasteiger partial charge in [-0.1, -0.05) is 42.0 Å². The van der Waals surface area contributed by atoms with Crippen molar-refractivity contribution < 1.29 is 9.53 Å². The summed E-state index contributed by atoms with van der Waals surface area (Å²) < 4.78 is 6.45. The summed E-state index contributed by atoms with van der Waals surface area (Å²) in [5.41, 5.74) is 3.45. The minimum atomic E-state index is -0.422. The van der Waals surface area contributed by atoms with Gasteiger partial charge in [-0.2, -0.15) is 0 Å². The van der Waals surface area contributed by atoms with Crippen LogP contribution in [0.15, 0.2) is 53.9 Å². The molecule has 6 heteroatoms. The lowest BCUT2D eigenvalue weighted by molar-refractivity contribution is 0.0466. The SMILES string of the molecule is Cc1ccc(-c2nc(C(=O)OCc3nc4ccccc4s3)cs2)cc1. The van der Waals surface area contributed by atoms with Crippen molar-refractivity contribution in [2.24, 2.45) is 0 Å². The van der Waals surface area contributed by atoms with Gasteiger partial charge >= 0.3 is 5.97 Å². The van der Waals surface area contributed by atoms with Crippen molar-refractivity contribution in [3.05, 3.63) is 70.2 Å². The molecule has 0 aliphatic heterocycles. The predicted octanol–water partition coefficient (Wildman–Crippen LogP) is 5.09. The zero-order chi connectivity index (χ0) is 17.2. The van der Waals surface area contributed by atoms with Crippen molar-refractivity contribution in [3.63, 3.8) is 0 Å². The summed E-state index contributed by atoms with van der Waals surface area (Å²) in [6.07, 6.45) is 0. The molecule has 124 valence electrons. The Morgan fingerprint density at radius 2 is 1.88 bits per heavy atom. The second-order valence-corrected chi connectivity index (χ2v) is 7.53. The van der Waals surface area contributed by atoms with E-state index in [0.717, 1.165) is 25.8 Å². The highest BCUT2D eigenvalue weighted by Crippen LogP contribution is 2.25. The van der Waals surface area contributed by atoms with E-state index in [1.807, 2.05) is 55.5 Å². The Morgan fingerprint density at radius 3 is 2.68 bits per heavy atom. The number of ether oxygens (including phenoxy) is 1. The molecule has 0 fully saturated rings. The van der Waals surface area contributed by atoms with Crippen LogP contribution in [0.5, 0.6) is 0 Å². The first-order valence-corrected chi connectivity index (χ1v) is 9.43. The van der Waals surface area contributed by atoms with Gasteiger partial charge in [0, 0.05) is 10.9 Å². The van der Waals surface area contributed by atoms with Gasteiger partial charge in [0.05, 0.1) is 10.2 Å². The Kier molecular flexibility index (Phi) is 4.29. The van der Waals surface area contributed by atoms with Gasteiger partial charge in [0.2, 0.25) is 0 Å². The standard InChI is InChI=1S/C19H14N2O2S2/c1-12-6-8-13(9-7-12)18-21-15(11-24-18)19(22)23-10-17-20-14-4-2-3-5-16(14)25-17/h2-9,11H,10H2,1H3. The smallest absolute Gasteiger partial charge is 0.358 e. The molecular weight excluding hydrogens is 352 g/mol. The molecule has 2 aromatic heterocycles. The quantitative estimate of drug-likeness (QED) is 0.472. The monoisotopic (exact) mass is 366 g/mol. The van der Waals surface area contributed by atoms with E-state index in [9.17, 15) is 4.79 Å². The summed E-state index contributed by atoms with van der Waals surface area (Å²) in [7, 11) is 0. The molecule has 0 amide bonds. The van der Waals surface area contributed by atoms with Crippen LogP contribution in [0.1, 0.15) is 21.1 Å². The van der Waals surface area contributed by atoms with Gasteiger partial charge in [0.25, 0.3) is 0 Å².